The van der Waals surface area contributed by atoms with Gasteiger partial charge in [0.1, 0.15) is 12.1 Å². The third-order valence-electron chi connectivity index (χ3n) is 6.92. The molecule has 2 heterocycles. The third kappa shape index (κ3) is 4.37. The van der Waals surface area contributed by atoms with E-state index in [1.165, 1.54) is 17.4 Å². The van der Waals surface area contributed by atoms with E-state index in [0.717, 1.165) is 66.7 Å². The summed E-state index contributed by atoms with van der Waals surface area (Å²) in [5.41, 5.74) is 4.78. The van der Waals surface area contributed by atoms with Crippen LogP contribution in [0.5, 0.6) is 0 Å². The molecule has 1 saturated heterocycles. The van der Waals surface area contributed by atoms with E-state index >= 15 is 0 Å². The number of fused-ring (bicyclic) bond motifs is 3. The van der Waals surface area contributed by atoms with Crippen molar-refractivity contribution < 1.29 is 8.42 Å². The second kappa shape index (κ2) is 8.42. The number of hydrogen-bond acceptors (Lipinski definition) is 6. The van der Waals surface area contributed by atoms with Gasteiger partial charge in [-0.1, -0.05) is 22.0 Å². The summed E-state index contributed by atoms with van der Waals surface area (Å²) in [6.07, 6.45) is 8.30. The standard InChI is InChI=1S/C22H28BrN5O2S/c1-31(29,30)28-10-8-27(9-11-28)18-6-4-17(5-7-18)26-22-21-19-13-16(23)3-2-15(19)12-20(21)24-14-25-22/h2-3,13-14,17-18H,4-12H2,1H3,(H,24,25,26). The monoisotopic (exact) mass is 505 g/mol. The van der Waals surface area contributed by atoms with E-state index in [-0.39, 0.29) is 0 Å². The summed E-state index contributed by atoms with van der Waals surface area (Å²) in [6.45, 7) is 2.89. The molecule has 1 N–H and O–H groups in total. The molecule has 0 radical (unpaired) electrons. The van der Waals surface area contributed by atoms with Crippen molar-refractivity contribution in [2.75, 3.05) is 37.8 Å². The Kier molecular flexibility index (Phi) is 5.79. The lowest BCUT2D eigenvalue weighted by atomic mass is 9.89. The van der Waals surface area contributed by atoms with E-state index in [2.05, 4.69) is 54.3 Å². The van der Waals surface area contributed by atoms with Gasteiger partial charge < -0.3 is 5.32 Å². The maximum Gasteiger partial charge on any atom is 0.211 e. The molecule has 0 spiro atoms. The molecular formula is C22H28BrN5O2S. The number of sulfonamides is 1. The second-order valence-electron chi connectivity index (χ2n) is 8.87. The molecule has 1 aliphatic heterocycles. The summed E-state index contributed by atoms with van der Waals surface area (Å²) >= 11 is 3.60. The Morgan fingerprint density at radius 1 is 1.06 bits per heavy atom. The molecule has 0 atom stereocenters. The molecule has 1 saturated carbocycles. The fourth-order valence-corrected chi connectivity index (χ4v) is 6.43. The average Bonchev–Trinajstić information content (AvgIpc) is 3.12. The smallest absolute Gasteiger partial charge is 0.211 e. The Morgan fingerprint density at radius 2 is 1.81 bits per heavy atom. The summed E-state index contributed by atoms with van der Waals surface area (Å²) in [5, 5.41) is 3.72. The minimum atomic E-state index is -3.07. The molecule has 2 fully saturated rings. The number of hydrogen-bond donors (Lipinski definition) is 1. The van der Waals surface area contributed by atoms with Crippen molar-refractivity contribution in [3.8, 4) is 11.1 Å². The van der Waals surface area contributed by atoms with E-state index in [4.69, 9.17) is 0 Å². The predicted molar refractivity (Wildman–Crippen MR) is 126 cm³/mol. The van der Waals surface area contributed by atoms with Gasteiger partial charge in [0.15, 0.2) is 0 Å². The fourth-order valence-electron chi connectivity index (χ4n) is 5.24. The zero-order valence-corrected chi connectivity index (χ0v) is 20.1. The second-order valence-corrected chi connectivity index (χ2v) is 11.8. The van der Waals surface area contributed by atoms with Crippen LogP contribution in [0.1, 0.15) is 36.9 Å². The Hall–Kier alpha value is -1.55. The SMILES string of the molecule is CS(=O)(=O)N1CCN(C2CCC(Nc3ncnc4c3-c3cc(Br)ccc3C4)CC2)CC1. The molecule has 31 heavy (non-hydrogen) atoms. The third-order valence-corrected chi connectivity index (χ3v) is 8.72. The Labute approximate surface area is 192 Å². The molecule has 2 aliphatic carbocycles. The van der Waals surface area contributed by atoms with Crippen LogP contribution >= 0.6 is 15.9 Å². The highest BCUT2D eigenvalue weighted by Gasteiger charge is 2.31. The van der Waals surface area contributed by atoms with Gasteiger partial charge in [0.05, 0.1) is 11.9 Å². The first kappa shape index (κ1) is 21.3. The summed E-state index contributed by atoms with van der Waals surface area (Å²) in [5.74, 6) is 0.951. The molecular weight excluding hydrogens is 478 g/mol. The van der Waals surface area contributed by atoms with Gasteiger partial charge >= 0.3 is 0 Å². The van der Waals surface area contributed by atoms with Crippen LogP contribution in [-0.2, 0) is 16.4 Å². The number of piperazine rings is 1. The highest BCUT2D eigenvalue weighted by atomic mass is 79.9. The molecule has 1 aromatic carbocycles. The van der Waals surface area contributed by atoms with Gasteiger partial charge in [0.2, 0.25) is 10.0 Å². The maximum absolute atomic E-state index is 11.7. The topological polar surface area (TPSA) is 78.4 Å². The number of benzene rings is 1. The van der Waals surface area contributed by atoms with Crippen molar-refractivity contribution in [3.05, 3.63) is 40.3 Å². The van der Waals surface area contributed by atoms with E-state index in [0.29, 0.717) is 25.2 Å². The van der Waals surface area contributed by atoms with Crippen LogP contribution in [0.15, 0.2) is 29.0 Å². The van der Waals surface area contributed by atoms with Crippen LogP contribution in [0.25, 0.3) is 11.1 Å². The first-order valence-corrected chi connectivity index (χ1v) is 13.6. The van der Waals surface area contributed by atoms with Gasteiger partial charge in [-0.05, 0) is 48.9 Å². The first-order chi connectivity index (χ1) is 14.9. The normalized spacial score (nSPS) is 24.6. The van der Waals surface area contributed by atoms with Gasteiger partial charge in [0.25, 0.3) is 0 Å². The summed E-state index contributed by atoms with van der Waals surface area (Å²) < 4.78 is 26.2. The Bertz CT molecular complexity index is 1080. The number of nitrogens with zero attached hydrogens (tertiary/aromatic N) is 4. The predicted octanol–water partition coefficient (Wildman–Crippen LogP) is 3.11. The zero-order chi connectivity index (χ0) is 21.6. The van der Waals surface area contributed by atoms with Crippen molar-refractivity contribution in [1.82, 2.24) is 19.2 Å². The van der Waals surface area contributed by atoms with Gasteiger partial charge in [0, 0.05) is 54.7 Å². The van der Waals surface area contributed by atoms with Crippen LogP contribution in [-0.4, -0.2) is 72.1 Å². The van der Waals surface area contributed by atoms with Crippen molar-refractivity contribution in [3.63, 3.8) is 0 Å². The average molecular weight is 506 g/mol. The van der Waals surface area contributed by atoms with E-state index in [1.54, 1.807) is 10.6 Å². The summed E-state index contributed by atoms with van der Waals surface area (Å²) in [6, 6.07) is 7.38. The quantitative estimate of drug-likeness (QED) is 0.586. The molecule has 0 unspecified atom stereocenters. The lowest BCUT2D eigenvalue weighted by molar-refractivity contribution is 0.109. The highest BCUT2D eigenvalue weighted by molar-refractivity contribution is 9.10. The lowest BCUT2D eigenvalue weighted by Crippen LogP contribution is -2.52. The van der Waals surface area contributed by atoms with Crippen LogP contribution in [0.3, 0.4) is 0 Å². The van der Waals surface area contributed by atoms with Gasteiger partial charge in [-0.25, -0.2) is 18.4 Å². The van der Waals surface area contributed by atoms with Gasteiger partial charge in [-0.2, -0.15) is 4.31 Å². The van der Waals surface area contributed by atoms with Gasteiger partial charge in [-0.3, -0.25) is 4.90 Å². The Morgan fingerprint density at radius 3 is 2.52 bits per heavy atom. The number of aromatic nitrogens is 2. The summed E-state index contributed by atoms with van der Waals surface area (Å²) in [7, 11) is -3.07. The van der Waals surface area contributed by atoms with Crippen molar-refractivity contribution in [2.24, 2.45) is 0 Å². The molecule has 9 heteroatoms. The first-order valence-electron chi connectivity index (χ1n) is 11.0. The Balaban J connectivity index is 1.22. The molecule has 3 aliphatic rings. The molecule has 0 bridgehead atoms. The summed E-state index contributed by atoms with van der Waals surface area (Å²) in [4.78, 5) is 11.6. The van der Waals surface area contributed by atoms with Crippen molar-refractivity contribution in [1.29, 1.82) is 0 Å². The van der Waals surface area contributed by atoms with Crippen LogP contribution in [0.4, 0.5) is 5.82 Å². The molecule has 0 amide bonds. The molecule has 7 nitrogen and oxygen atoms in total. The number of rotatable bonds is 4. The minimum Gasteiger partial charge on any atom is -0.367 e. The van der Waals surface area contributed by atoms with Crippen LogP contribution in [0.2, 0.25) is 0 Å². The van der Waals surface area contributed by atoms with Crippen LogP contribution in [0, 0.1) is 0 Å². The molecule has 1 aromatic heterocycles. The van der Waals surface area contributed by atoms with Gasteiger partial charge in [-0.15, -0.1) is 0 Å². The number of anilines is 1. The minimum absolute atomic E-state index is 0.406. The number of halogens is 1. The maximum atomic E-state index is 11.7. The van der Waals surface area contributed by atoms with E-state index in [1.807, 2.05) is 0 Å². The highest BCUT2D eigenvalue weighted by Crippen LogP contribution is 2.41. The lowest BCUT2D eigenvalue weighted by Gasteiger charge is -2.41. The molecule has 166 valence electrons. The van der Waals surface area contributed by atoms with Crippen molar-refractivity contribution in [2.45, 2.75) is 44.2 Å². The zero-order valence-electron chi connectivity index (χ0n) is 17.7. The largest absolute Gasteiger partial charge is 0.367 e. The number of nitrogens with one attached hydrogen (secondary N) is 1. The van der Waals surface area contributed by atoms with Crippen LogP contribution < -0.4 is 5.32 Å². The molecule has 2 aromatic rings. The molecule has 5 rings (SSSR count). The van der Waals surface area contributed by atoms with E-state index in [9.17, 15) is 8.42 Å². The van der Waals surface area contributed by atoms with E-state index < -0.39 is 10.0 Å². The van der Waals surface area contributed by atoms with Crippen molar-refractivity contribution >= 4 is 31.8 Å². The fraction of sp³-hybridized carbons (Fsp3) is 0.545.